The van der Waals surface area contributed by atoms with Crippen LogP contribution in [0, 0.1) is 5.82 Å². The third kappa shape index (κ3) is 4.27. The van der Waals surface area contributed by atoms with E-state index in [0.717, 1.165) is 0 Å². The number of aromatic nitrogens is 1. The van der Waals surface area contributed by atoms with E-state index in [2.05, 4.69) is 14.8 Å². The Kier molecular flexibility index (Phi) is 5.68. The molecule has 0 saturated heterocycles. The number of amides is 1. The number of benzene rings is 2. The minimum atomic E-state index is -3.78. The van der Waals surface area contributed by atoms with Gasteiger partial charge in [0.15, 0.2) is 11.5 Å². The zero-order valence-corrected chi connectivity index (χ0v) is 20.0. The number of anilines is 1. The lowest BCUT2D eigenvalue weighted by Gasteiger charge is -2.23. The number of aliphatic hydroxyl groups is 3. The largest absolute Gasteiger partial charge is 0.586 e. The maximum absolute atomic E-state index is 15.2. The third-order valence-electron chi connectivity index (χ3n) is 6.84. The molecule has 37 heavy (non-hydrogen) atoms. The summed E-state index contributed by atoms with van der Waals surface area (Å²) in [6.07, 6.45) is -1.65. The highest BCUT2D eigenvalue weighted by Gasteiger charge is 2.53. The molecule has 0 atom stereocenters. The van der Waals surface area contributed by atoms with Gasteiger partial charge in [0, 0.05) is 28.8 Å². The van der Waals surface area contributed by atoms with Crippen LogP contribution in [0.15, 0.2) is 42.2 Å². The van der Waals surface area contributed by atoms with Crippen LogP contribution in [0.4, 0.5) is 18.9 Å². The number of fused-ring (bicyclic) bond motifs is 2. The molecule has 0 radical (unpaired) electrons. The molecule has 11 heteroatoms. The summed E-state index contributed by atoms with van der Waals surface area (Å²) in [5.74, 6) is -1.90. The molecule has 196 valence electrons. The predicted octanol–water partition coefficient (Wildman–Crippen LogP) is 4.39. The number of ether oxygens (including phenoxy) is 2. The number of hydrogen-bond acceptors (Lipinski definition) is 6. The lowest BCUT2D eigenvalue weighted by molar-refractivity contribution is -0.286. The molecule has 0 spiro atoms. The number of rotatable bonds is 7. The highest BCUT2D eigenvalue weighted by Crippen LogP contribution is 2.52. The molecule has 5 rings (SSSR count). The van der Waals surface area contributed by atoms with Gasteiger partial charge in [0.1, 0.15) is 18.2 Å². The standard InChI is InChI=1S/C26H25F3N2O6/c1-24(2,13-33)22-8-14-7-18(17(27)10-19(14)31(22)11-16(34)12-32)30-23(35)25(5-6-25)15-3-4-20-21(9-15)37-26(28,29)36-20/h3-4,7-11,32-34H,5-6,12-13H2,1-2H3,(H,30,35)/b16-11-. The van der Waals surface area contributed by atoms with Crippen molar-refractivity contribution in [2.75, 3.05) is 18.5 Å². The smallest absolute Gasteiger partial charge is 0.508 e. The van der Waals surface area contributed by atoms with Crippen molar-refractivity contribution in [3.05, 3.63) is 59.2 Å². The zero-order chi connectivity index (χ0) is 26.8. The van der Waals surface area contributed by atoms with Crippen molar-refractivity contribution < 1.29 is 42.8 Å². The zero-order valence-electron chi connectivity index (χ0n) is 20.0. The van der Waals surface area contributed by atoms with Gasteiger partial charge in [0.2, 0.25) is 5.91 Å². The molecule has 3 aromatic rings. The van der Waals surface area contributed by atoms with E-state index in [4.69, 9.17) is 0 Å². The monoisotopic (exact) mass is 518 g/mol. The number of nitrogens with one attached hydrogen (secondary N) is 1. The Morgan fingerprint density at radius 1 is 1.14 bits per heavy atom. The van der Waals surface area contributed by atoms with Crippen LogP contribution in [-0.4, -0.2) is 45.3 Å². The number of aliphatic hydroxyl groups excluding tert-OH is 3. The average Bonchev–Trinajstić information content (AvgIpc) is 3.50. The van der Waals surface area contributed by atoms with Crippen molar-refractivity contribution in [2.24, 2.45) is 0 Å². The molecule has 1 fully saturated rings. The van der Waals surface area contributed by atoms with Crippen molar-refractivity contribution in [2.45, 2.75) is 43.8 Å². The summed E-state index contributed by atoms with van der Waals surface area (Å²) in [5, 5.41) is 32.2. The van der Waals surface area contributed by atoms with Gasteiger partial charge in [-0.25, -0.2) is 4.39 Å². The first kappa shape index (κ1) is 25.0. The summed E-state index contributed by atoms with van der Waals surface area (Å²) in [6, 6.07) is 8.49. The Bertz CT molecular complexity index is 1440. The van der Waals surface area contributed by atoms with Gasteiger partial charge in [0.25, 0.3) is 0 Å². The first-order valence-electron chi connectivity index (χ1n) is 11.6. The van der Waals surface area contributed by atoms with E-state index in [1.807, 2.05) is 0 Å². The van der Waals surface area contributed by atoms with Crippen LogP contribution in [0.3, 0.4) is 0 Å². The van der Waals surface area contributed by atoms with E-state index in [9.17, 15) is 28.9 Å². The summed E-state index contributed by atoms with van der Waals surface area (Å²) in [7, 11) is 0. The molecule has 0 unspecified atom stereocenters. The molecular weight excluding hydrogens is 493 g/mol. The summed E-state index contributed by atoms with van der Waals surface area (Å²) in [4.78, 5) is 13.3. The van der Waals surface area contributed by atoms with Gasteiger partial charge in [-0.2, -0.15) is 0 Å². The van der Waals surface area contributed by atoms with Crippen molar-refractivity contribution in [3.63, 3.8) is 0 Å². The second-order valence-corrected chi connectivity index (χ2v) is 9.98. The van der Waals surface area contributed by atoms with E-state index in [1.54, 1.807) is 19.9 Å². The minimum absolute atomic E-state index is 0.0862. The van der Waals surface area contributed by atoms with Gasteiger partial charge >= 0.3 is 6.29 Å². The van der Waals surface area contributed by atoms with Crippen LogP contribution in [0.25, 0.3) is 17.1 Å². The topological polar surface area (TPSA) is 113 Å². The number of carbonyl (C=O) groups is 1. The van der Waals surface area contributed by atoms with Crippen LogP contribution in [0.5, 0.6) is 11.5 Å². The Hall–Kier alpha value is -3.70. The van der Waals surface area contributed by atoms with Crippen LogP contribution < -0.4 is 14.8 Å². The molecule has 4 N–H and O–H groups in total. The van der Waals surface area contributed by atoms with Crippen LogP contribution in [0.1, 0.15) is 37.9 Å². The van der Waals surface area contributed by atoms with Crippen LogP contribution in [-0.2, 0) is 15.6 Å². The van der Waals surface area contributed by atoms with Gasteiger partial charge in [-0.05, 0) is 42.7 Å². The highest BCUT2D eigenvalue weighted by molar-refractivity contribution is 6.03. The van der Waals surface area contributed by atoms with E-state index in [-0.39, 0.29) is 29.6 Å². The lowest BCUT2D eigenvalue weighted by atomic mass is 9.90. The molecular formula is C26H25F3N2O6. The molecule has 8 nitrogen and oxygen atoms in total. The number of halogens is 3. The Balaban J connectivity index is 1.49. The molecule has 1 aromatic heterocycles. The fourth-order valence-electron chi connectivity index (χ4n) is 4.54. The summed E-state index contributed by atoms with van der Waals surface area (Å²) in [5.41, 5.74) is -0.539. The fourth-order valence-corrected chi connectivity index (χ4v) is 4.54. The second-order valence-electron chi connectivity index (χ2n) is 9.98. The predicted molar refractivity (Wildman–Crippen MR) is 128 cm³/mol. The molecule has 2 aromatic carbocycles. The van der Waals surface area contributed by atoms with E-state index in [0.29, 0.717) is 35.0 Å². The second kappa shape index (κ2) is 8.42. The summed E-state index contributed by atoms with van der Waals surface area (Å²) < 4.78 is 52.4. The summed E-state index contributed by atoms with van der Waals surface area (Å²) >= 11 is 0. The molecule has 2 heterocycles. The van der Waals surface area contributed by atoms with Gasteiger partial charge in [-0.3, -0.25) is 4.79 Å². The van der Waals surface area contributed by atoms with Gasteiger partial charge in [-0.15, -0.1) is 8.78 Å². The summed E-state index contributed by atoms with van der Waals surface area (Å²) in [6.45, 7) is 2.65. The van der Waals surface area contributed by atoms with Gasteiger partial charge < -0.3 is 34.7 Å². The first-order chi connectivity index (χ1) is 17.4. The SMILES string of the molecule is CC(C)(CO)c1cc2cc(NC(=O)C3(c4ccc5c(c4)OC(F)(F)O5)CC3)c(F)cc2n1/C=C(\O)CO. The normalized spacial score (nSPS) is 17.8. The number of hydrogen-bond donors (Lipinski definition) is 4. The molecule has 0 bridgehead atoms. The maximum Gasteiger partial charge on any atom is 0.586 e. The number of carbonyl (C=O) groups excluding carboxylic acids is 1. The Morgan fingerprint density at radius 3 is 2.49 bits per heavy atom. The third-order valence-corrected chi connectivity index (χ3v) is 6.84. The van der Waals surface area contributed by atoms with E-state index < -0.39 is 35.5 Å². The molecule has 1 aliphatic heterocycles. The quantitative estimate of drug-likeness (QED) is 0.345. The molecule has 1 saturated carbocycles. The Morgan fingerprint density at radius 2 is 1.84 bits per heavy atom. The van der Waals surface area contributed by atoms with Gasteiger partial charge in [0.05, 0.1) is 23.2 Å². The van der Waals surface area contributed by atoms with Crippen molar-refractivity contribution in [1.82, 2.24) is 4.57 Å². The lowest BCUT2D eigenvalue weighted by Crippen LogP contribution is -2.28. The van der Waals surface area contributed by atoms with E-state index >= 15 is 4.39 Å². The molecule has 1 aliphatic carbocycles. The van der Waals surface area contributed by atoms with Gasteiger partial charge in [-0.1, -0.05) is 19.9 Å². The first-order valence-corrected chi connectivity index (χ1v) is 11.6. The van der Waals surface area contributed by atoms with Crippen LogP contribution >= 0.6 is 0 Å². The fraction of sp³-hybridized carbons (Fsp3) is 0.346. The number of nitrogens with zero attached hydrogens (tertiary/aromatic N) is 1. The van der Waals surface area contributed by atoms with Crippen LogP contribution in [0.2, 0.25) is 0 Å². The highest BCUT2D eigenvalue weighted by atomic mass is 19.3. The van der Waals surface area contributed by atoms with Crippen molar-refractivity contribution >= 4 is 28.7 Å². The van der Waals surface area contributed by atoms with Crippen molar-refractivity contribution in [3.8, 4) is 11.5 Å². The average molecular weight is 518 g/mol. The maximum atomic E-state index is 15.2. The molecule has 2 aliphatic rings. The minimum Gasteiger partial charge on any atom is -0.508 e. The van der Waals surface area contributed by atoms with E-state index in [1.165, 1.54) is 41.1 Å². The number of alkyl halides is 2. The Labute approximate surface area is 209 Å². The molecule has 1 amide bonds. The van der Waals surface area contributed by atoms with Crippen molar-refractivity contribution in [1.29, 1.82) is 0 Å².